The van der Waals surface area contributed by atoms with Gasteiger partial charge in [-0.1, -0.05) is 81.4 Å². The van der Waals surface area contributed by atoms with Gasteiger partial charge in [-0.2, -0.15) is 0 Å². The van der Waals surface area contributed by atoms with Crippen LogP contribution in [0.4, 0.5) is 0 Å². The van der Waals surface area contributed by atoms with Crippen LogP contribution in [0.2, 0.25) is 0 Å². The van der Waals surface area contributed by atoms with E-state index in [1.165, 1.54) is 6.92 Å². The molecule has 2 heterocycles. The number of nitrogens with one attached hydrogen (secondary N) is 3. The third kappa shape index (κ3) is 12.2. The predicted molar refractivity (Wildman–Crippen MR) is 227 cm³/mol. The van der Waals surface area contributed by atoms with E-state index in [0.717, 1.165) is 17.5 Å². The second-order valence-corrected chi connectivity index (χ2v) is 17.0. The molecule has 0 aliphatic carbocycles. The average Bonchev–Trinajstić information content (AvgIpc) is 3.80. The molecule has 5 unspecified atom stereocenters. The Balaban J connectivity index is 1.19. The summed E-state index contributed by atoms with van der Waals surface area (Å²) in [4.78, 5) is 85.4. The number of benzene rings is 3. The molecule has 3 aromatic carbocycles. The van der Waals surface area contributed by atoms with Crippen molar-refractivity contribution in [2.75, 3.05) is 46.3 Å². The summed E-state index contributed by atoms with van der Waals surface area (Å²) >= 11 is 0. The Morgan fingerprint density at radius 3 is 1.56 bits per heavy atom. The van der Waals surface area contributed by atoms with Crippen LogP contribution in [0.1, 0.15) is 79.3 Å². The molecule has 2 saturated heterocycles. The summed E-state index contributed by atoms with van der Waals surface area (Å²) in [5.41, 5.74) is 2.61. The first-order valence-electron chi connectivity index (χ1n) is 20.7. The maximum atomic E-state index is 14.1. The van der Waals surface area contributed by atoms with E-state index in [9.17, 15) is 28.8 Å². The van der Waals surface area contributed by atoms with E-state index >= 15 is 0 Å². The Labute approximate surface area is 348 Å². The number of hydrogen-bond acceptors (Lipinski definition) is 7. The summed E-state index contributed by atoms with van der Waals surface area (Å²) in [6.07, 6.45) is 3.14. The van der Waals surface area contributed by atoms with Crippen LogP contribution >= 0.6 is 0 Å². The Morgan fingerprint density at radius 1 is 0.695 bits per heavy atom. The summed E-state index contributed by atoms with van der Waals surface area (Å²) in [6, 6.07) is 24.6. The van der Waals surface area contributed by atoms with Crippen LogP contribution in [0.25, 0.3) is 0 Å². The van der Waals surface area contributed by atoms with Gasteiger partial charge >= 0.3 is 0 Å². The smallest absolute Gasteiger partial charge is 0.251 e. The van der Waals surface area contributed by atoms with Gasteiger partial charge in [0.05, 0.1) is 18.1 Å². The summed E-state index contributed by atoms with van der Waals surface area (Å²) in [5, 5.41) is 9.32. The number of rotatable bonds is 17. The quantitative estimate of drug-likeness (QED) is 0.177. The largest absolute Gasteiger partial charge is 0.347 e. The number of likely N-dealkylation sites (tertiary alicyclic amines) is 2. The second kappa shape index (κ2) is 20.4. The minimum atomic E-state index is -0.468. The molecule has 2 aliphatic heterocycles. The van der Waals surface area contributed by atoms with Gasteiger partial charge in [-0.25, -0.2) is 0 Å². The Kier molecular flexibility index (Phi) is 15.4. The lowest BCUT2D eigenvalue weighted by molar-refractivity contribution is -0.139. The van der Waals surface area contributed by atoms with E-state index in [2.05, 4.69) is 16.0 Å². The Bertz CT molecular complexity index is 1900. The molecule has 0 aromatic heterocycles. The molecule has 0 spiro atoms. The van der Waals surface area contributed by atoms with Crippen LogP contribution < -0.4 is 16.0 Å². The molecule has 3 N–H and O–H groups in total. The fraction of sp³-hybridized carbons (Fsp3) is 0.478. The number of hydrogen-bond donors (Lipinski definition) is 3. The lowest BCUT2D eigenvalue weighted by Crippen LogP contribution is -2.55. The molecule has 6 amide bonds. The van der Waals surface area contributed by atoms with Crippen LogP contribution in [-0.4, -0.2) is 132 Å². The summed E-state index contributed by atoms with van der Waals surface area (Å²) in [5.74, 6) is -0.874. The van der Waals surface area contributed by atoms with Crippen molar-refractivity contribution in [3.05, 3.63) is 107 Å². The van der Waals surface area contributed by atoms with Crippen molar-refractivity contribution >= 4 is 35.9 Å². The van der Waals surface area contributed by atoms with E-state index in [1.54, 1.807) is 52.9 Å². The molecule has 0 bridgehead atoms. The van der Waals surface area contributed by atoms with Crippen molar-refractivity contribution in [3.8, 4) is 0 Å². The molecular weight excluding hydrogens is 747 g/mol. The highest BCUT2D eigenvalue weighted by atomic mass is 16.2. The monoisotopic (exact) mass is 807 g/mol. The van der Waals surface area contributed by atoms with Crippen LogP contribution in [0.15, 0.2) is 84.9 Å². The highest BCUT2D eigenvalue weighted by Crippen LogP contribution is 2.27. The highest BCUT2D eigenvalue weighted by molar-refractivity contribution is 5.98. The number of likely N-dealkylation sites (N-methyl/N-ethyl adjacent to an activating group) is 1. The zero-order valence-electron chi connectivity index (χ0n) is 35.4. The third-order valence-corrected chi connectivity index (χ3v) is 11.6. The van der Waals surface area contributed by atoms with Gasteiger partial charge in [-0.3, -0.25) is 28.8 Å². The first-order valence-corrected chi connectivity index (χ1v) is 20.7. The molecule has 0 radical (unpaired) electrons. The number of nitrogens with zero attached hydrogens (tertiary/aromatic N) is 4. The second-order valence-electron chi connectivity index (χ2n) is 17.0. The lowest BCUT2D eigenvalue weighted by Gasteiger charge is -2.36. The van der Waals surface area contributed by atoms with Crippen molar-refractivity contribution in [1.29, 1.82) is 0 Å². The molecular formula is C46H61N7O6. The van der Waals surface area contributed by atoms with Crippen molar-refractivity contribution < 1.29 is 28.8 Å². The first-order chi connectivity index (χ1) is 28.2. The fourth-order valence-corrected chi connectivity index (χ4v) is 8.30. The van der Waals surface area contributed by atoms with Gasteiger partial charge in [0.2, 0.25) is 24.1 Å². The Morgan fingerprint density at radius 2 is 1.14 bits per heavy atom. The SMILES string of the molecule is CNC(C(=O)N1CC(NC(=O)c2ccc(C(=O)NC3CC(CN(CCc4ccccc4)C(C)=O)N(C=O)C3)cc2)CC1CN(CCc1ccccc1)C(C)=O)C(C)(C)C. The van der Waals surface area contributed by atoms with Crippen LogP contribution in [0.5, 0.6) is 0 Å². The molecule has 5 atom stereocenters. The molecule has 2 fully saturated rings. The van der Waals surface area contributed by atoms with Gasteiger partial charge in [0.1, 0.15) is 0 Å². The van der Waals surface area contributed by atoms with E-state index in [0.29, 0.717) is 76.1 Å². The third-order valence-electron chi connectivity index (χ3n) is 11.6. The maximum Gasteiger partial charge on any atom is 0.251 e. The molecule has 13 heteroatoms. The fourth-order valence-electron chi connectivity index (χ4n) is 8.30. The van der Waals surface area contributed by atoms with Crippen molar-refractivity contribution in [1.82, 2.24) is 35.6 Å². The van der Waals surface area contributed by atoms with Crippen molar-refractivity contribution in [2.24, 2.45) is 5.41 Å². The highest BCUT2D eigenvalue weighted by Gasteiger charge is 2.42. The molecule has 59 heavy (non-hydrogen) atoms. The molecule has 0 saturated carbocycles. The maximum absolute atomic E-state index is 14.1. The summed E-state index contributed by atoms with van der Waals surface area (Å²) < 4.78 is 0. The average molecular weight is 808 g/mol. The summed E-state index contributed by atoms with van der Waals surface area (Å²) in [7, 11) is 1.77. The van der Waals surface area contributed by atoms with E-state index in [4.69, 9.17) is 0 Å². The molecule has 5 rings (SSSR count). The lowest BCUT2D eigenvalue weighted by atomic mass is 9.86. The van der Waals surface area contributed by atoms with E-state index in [-0.39, 0.29) is 59.1 Å². The van der Waals surface area contributed by atoms with Gasteiger partial charge in [-0.05, 0) is 73.5 Å². The molecule has 316 valence electrons. The first kappa shape index (κ1) is 44.5. The number of amides is 6. The number of carbonyl (C=O) groups is 6. The van der Waals surface area contributed by atoms with Crippen molar-refractivity contribution in [3.63, 3.8) is 0 Å². The standard InChI is InChI=1S/C46H61N7O6/c1-32(55)50(23-21-34-13-9-7-10-14-34)29-40-25-38(27-52(40)31-54)48-43(57)36-17-19-37(20-18-36)44(58)49-39-26-41(53(28-39)45(59)42(47-6)46(3,4)5)30-51(33(2)56)24-22-35-15-11-8-12-16-35/h7-20,31,38-42,47H,21-30H2,1-6H3,(H,48,57)(H,49,58). The molecule has 13 nitrogen and oxygen atoms in total. The number of carbonyl (C=O) groups excluding carboxylic acids is 6. The Hall–Kier alpha value is -5.56. The minimum absolute atomic E-state index is 0.0703. The normalized spacial score (nSPS) is 19.5. The van der Waals surface area contributed by atoms with E-state index < -0.39 is 6.04 Å². The zero-order chi connectivity index (χ0) is 42.7. The van der Waals surface area contributed by atoms with E-state index in [1.807, 2.05) is 86.3 Å². The molecule has 3 aromatic rings. The van der Waals surface area contributed by atoms with Crippen LogP contribution in [-0.2, 0) is 32.0 Å². The molecule has 2 aliphatic rings. The summed E-state index contributed by atoms with van der Waals surface area (Å²) in [6.45, 7) is 11.5. The van der Waals surface area contributed by atoms with Gasteiger partial charge in [0.25, 0.3) is 11.8 Å². The minimum Gasteiger partial charge on any atom is -0.347 e. The van der Waals surface area contributed by atoms with Gasteiger partial charge in [0.15, 0.2) is 0 Å². The van der Waals surface area contributed by atoms with Gasteiger partial charge in [-0.15, -0.1) is 0 Å². The zero-order valence-corrected chi connectivity index (χ0v) is 35.4. The topological polar surface area (TPSA) is 151 Å². The van der Waals surface area contributed by atoms with Crippen LogP contribution in [0, 0.1) is 5.41 Å². The van der Waals surface area contributed by atoms with Crippen LogP contribution in [0.3, 0.4) is 0 Å². The van der Waals surface area contributed by atoms with Gasteiger partial charge < -0.3 is 35.6 Å². The van der Waals surface area contributed by atoms with Crippen molar-refractivity contribution in [2.45, 2.75) is 90.5 Å². The predicted octanol–water partition coefficient (Wildman–Crippen LogP) is 3.53. The van der Waals surface area contributed by atoms with Gasteiger partial charge in [0, 0.05) is 76.3 Å².